The third-order valence-electron chi connectivity index (χ3n) is 2.72. The molecule has 0 saturated heterocycles. The molecule has 0 unspecified atom stereocenters. The largest absolute Gasteiger partial charge is 0.444 e. The maximum Gasteiger partial charge on any atom is 0.416 e. The first-order valence-corrected chi connectivity index (χ1v) is 6.77. The van der Waals surface area contributed by atoms with Gasteiger partial charge in [0.25, 0.3) is 0 Å². The third-order valence-corrected chi connectivity index (χ3v) is 2.72. The van der Waals surface area contributed by atoms with Crippen molar-refractivity contribution in [1.82, 2.24) is 5.32 Å². The summed E-state index contributed by atoms with van der Waals surface area (Å²) in [4.78, 5) is 11.7. The Kier molecular flexibility index (Phi) is 5.82. The summed E-state index contributed by atoms with van der Waals surface area (Å²) in [5.41, 5.74) is -0.281. The van der Waals surface area contributed by atoms with Gasteiger partial charge in [-0.1, -0.05) is 30.3 Å². The zero-order valence-corrected chi connectivity index (χ0v) is 12.6. The van der Waals surface area contributed by atoms with Crippen LogP contribution in [0.5, 0.6) is 0 Å². The summed E-state index contributed by atoms with van der Waals surface area (Å²) in [5, 5.41) is 11.6. The molecule has 1 aromatic rings. The van der Waals surface area contributed by atoms with Gasteiger partial charge in [0.05, 0.1) is 6.04 Å². The van der Waals surface area contributed by atoms with E-state index >= 15 is 0 Å². The average molecular weight is 319 g/mol. The van der Waals surface area contributed by atoms with Gasteiger partial charge in [0.2, 0.25) is 0 Å². The predicted molar refractivity (Wildman–Crippen MR) is 75.4 cm³/mol. The van der Waals surface area contributed by atoms with E-state index in [-0.39, 0.29) is 6.42 Å². The van der Waals surface area contributed by atoms with Crippen molar-refractivity contribution in [3.05, 3.63) is 35.9 Å². The lowest BCUT2D eigenvalue weighted by atomic mass is 10.0. The summed E-state index contributed by atoms with van der Waals surface area (Å²) >= 11 is 0. The van der Waals surface area contributed by atoms with Crippen LogP contribution in [-0.4, -0.2) is 35.1 Å². The molecule has 0 aliphatic carbocycles. The van der Waals surface area contributed by atoms with Crippen LogP contribution in [0.15, 0.2) is 30.3 Å². The van der Waals surface area contributed by atoms with Gasteiger partial charge in [0.15, 0.2) is 6.10 Å². The molecule has 0 aliphatic heterocycles. The van der Waals surface area contributed by atoms with Crippen LogP contribution in [0.3, 0.4) is 0 Å². The number of hydrogen-bond acceptors (Lipinski definition) is 3. The van der Waals surface area contributed by atoms with Crippen LogP contribution in [-0.2, 0) is 11.2 Å². The molecule has 1 amide bonds. The van der Waals surface area contributed by atoms with Crippen LogP contribution >= 0.6 is 0 Å². The first kappa shape index (κ1) is 18.3. The fourth-order valence-corrected chi connectivity index (χ4v) is 1.80. The normalized spacial score (nSPS) is 15.0. The number of amides is 1. The van der Waals surface area contributed by atoms with Crippen molar-refractivity contribution in [2.75, 3.05) is 0 Å². The van der Waals surface area contributed by atoms with E-state index in [4.69, 9.17) is 4.74 Å². The van der Waals surface area contributed by atoms with Crippen molar-refractivity contribution in [3.63, 3.8) is 0 Å². The fraction of sp³-hybridized carbons (Fsp3) is 0.533. The highest BCUT2D eigenvalue weighted by atomic mass is 19.4. The number of aliphatic hydroxyl groups is 1. The Morgan fingerprint density at radius 1 is 1.23 bits per heavy atom. The molecule has 0 radical (unpaired) electrons. The van der Waals surface area contributed by atoms with Crippen LogP contribution in [0.25, 0.3) is 0 Å². The molecular formula is C15H20F3NO3. The number of carbonyl (C=O) groups excluding carboxylic acids is 1. The highest BCUT2D eigenvalue weighted by molar-refractivity contribution is 5.68. The number of benzene rings is 1. The first-order chi connectivity index (χ1) is 9.99. The van der Waals surface area contributed by atoms with Gasteiger partial charge in [-0.3, -0.25) is 0 Å². The minimum Gasteiger partial charge on any atom is -0.444 e. The molecule has 2 N–H and O–H groups in total. The first-order valence-electron chi connectivity index (χ1n) is 6.77. The number of hydrogen-bond donors (Lipinski definition) is 2. The number of rotatable bonds is 4. The van der Waals surface area contributed by atoms with Crippen molar-refractivity contribution < 1.29 is 27.8 Å². The quantitative estimate of drug-likeness (QED) is 0.897. The Balaban J connectivity index is 2.85. The molecule has 0 bridgehead atoms. The molecule has 0 spiro atoms. The second-order valence-corrected chi connectivity index (χ2v) is 5.93. The second kappa shape index (κ2) is 7.00. The second-order valence-electron chi connectivity index (χ2n) is 5.93. The van der Waals surface area contributed by atoms with Gasteiger partial charge in [0.1, 0.15) is 5.60 Å². The van der Waals surface area contributed by atoms with E-state index in [0.29, 0.717) is 5.56 Å². The summed E-state index contributed by atoms with van der Waals surface area (Å²) in [6.07, 6.45) is -8.69. The minimum absolute atomic E-state index is 0.166. The van der Waals surface area contributed by atoms with Crippen LogP contribution in [0, 0.1) is 0 Å². The van der Waals surface area contributed by atoms with Gasteiger partial charge in [-0.05, 0) is 32.8 Å². The highest BCUT2D eigenvalue weighted by Gasteiger charge is 2.44. The molecule has 0 fully saturated rings. The number of halogens is 3. The zero-order chi connectivity index (χ0) is 17.0. The molecule has 1 aromatic carbocycles. The van der Waals surface area contributed by atoms with Crippen molar-refractivity contribution in [2.24, 2.45) is 0 Å². The predicted octanol–water partition coefficient (Wildman–Crippen LogP) is 3.05. The maximum atomic E-state index is 12.7. The van der Waals surface area contributed by atoms with Gasteiger partial charge in [-0.25, -0.2) is 4.79 Å². The molecule has 7 heteroatoms. The molecule has 0 heterocycles. The molecule has 124 valence electrons. The van der Waals surface area contributed by atoms with Gasteiger partial charge < -0.3 is 15.2 Å². The lowest BCUT2D eigenvalue weighted by Gasteiger charge is -2.27. The number of nitrogens with one attached hydrogen (secondary N) is 1. The van der Waals surface area contributed by atoms with Gasteiger partial charge >= 0.3 is 12.3 Å². The van der Waals surface area contributed by atoms with Gasteiger partial charge in [0, 0.05) is 0 Å². The summed E-state index contributed by atoms with van der Waals surface area (Å²) in [6, 6.07) is 6.76. The van der Waals surface area contributed by atoms with Gasteiger partial charge in [-0.2, -0.15) is 13.2 Å². The van der Waals surface area contributed by atoms with Crippen LogP contribution in [0.2, 0.25) is 0 Å². The van der Waals surface area contributed by atoms with E-state index in [0.717, 1.165) is 0 Å². The van der Waals surface area contributed by atoms with E-state index in [9.17, 15) is 23.1 Å². The number of carbonyl (C=O) groups is 1. The monoisotopic (exact) mass is 319 g/mol. The average Bonchev–Trinajstić information content (AvgIpc) is 2.35. The summed E-state index contributed by atoms with van der Waals surface area (Å²) in [7, 11) is 0. The molecular weight excluding hydrogens is 299 g/mol. The molecule has 2 atom stereocenters. The summed E-state index contributed by atoms with van der Waals surface area (Å²) in [5.74, 6) is 0. The third kappa shape index (κ3) is 6.34. The van der Waals surface area contributed by atoms with E-state index in [1.165, 1.54) is 0 Å². The zero-order valence-electron chi connectivity index (χ0n) is 12.6. The molecule has 4 nitrogen and oxygen atoms in total. The van der Waals surface area contributed by atoms with Gasteiger partial charge in [-0.15, -0.1) is 0 Å². The van der Waals surface area contributed by atoms with Crippen molar-refractivity contribution >= 4 is 6.09 Å². The fourth-order valence-electron chi connectivity index (χ4n) is 1.80. The number of ether oxygens (including phenoxy) is 1. The van der Waals surface area contributed by atoms with Crippen molar-refractivity contribution in [2.45, 2.75) is 51.1 Å². The Hall–Kier alpha value is -1.76. The molecule has 0 aromatic heterocycles. The summed E-state index contributed by atoms with van der Waals surface area (Å²) in [6.45, 7) is 4.79. The Bertz CT molecular complexity index is 483. The van der Waals surface area contributed by atoms with Crippen molar-refractivity contribution in [3.8, 4) is 0 Å². The van der Waals surface area contributed by atoms with E-state index in [1.54, 1.807) is 51.1 Å². The van der Waals surface area contributed by atoms with Crippen molar-refractivity contribution in [1.29, 1.82) is 0 Å². The number of alkyl carbamates (subject to hydrolysis) is 1. The maximum absolute atomic E-state index is 12.7. The van der Waals surface area contributed by atoms with E-state index in [2.05, 4.69) is 5.32 Å². The van der Waals surface area contributed by atoms with Crippen LogP contribution in [0.4, 0.5) is 18.0 Å². The lowest BCUT2D eigenvalue weighted by Crippen LogP contribution is -2.52. The topological polar surface area (TPSA) is 58.6 Å². The standard InChI is InChI=1S/C15H20F3NO3/c1-14(2,3)22-13(21)19-11(12(20)15(16,17)18)9-10-7-5-4-6-8-10/h4-8,11-12,20H,9H2,1-3H3,(H,19,21)/t11-,12-/m1/s1. The van der Waals surface area contributed by atoms with E-state index < -0.39 is 30.0 Å². The highest BCUT2D eigenvalue weighted by Crippen LogP contribution is 2.24. The Morgan fingerprint density at radius 3 is 2.23 bits per heavy atom. The molecule has 22 heavy (non-hydrogen) atoms. The summed E-state index contributed by atoms with van der Waals surface area (Å²) < 4.78 is 43.2. The Labute approximate surface area is 127 Å². The Morgan fingerprint density at radius 2 is 1.77 bits per heavy atom. The smallest absolute Gasteiger partial charge is 0.416 e. The van der Waals surface area contributed by atoms with Crippen LogP contribution in [0.1, 0.15) is 26.3 Å². The molecule has 1 rings (SSSR count). The number of aliphatic hydroxyl groups excluding tert-OH is 1. The van der Waals surface area contributed by atoms with E-state index in [1.807, 2.05) is 0 Å². The molecule has 0 aliphatic rings. The minimum atomic E-state index is -4.84. The SMILES string of the molecule is CC(C)(C)OC(=O)N[C@H](Cc1ccccc1)[C@@H](O)C(F)(F)F. The number of alkyl halides is 3. The lowest BCUT2D eigenvalue weighted by molar-refractivity contribution is -0.211. The molecule has 0 saturated carbocycles. The van der Waals surface area contributed by atoms with Crippen LogP contribution < -0.4 is 5.32 Å².